The average molecular weight is 327 g/mol. The molecule has 1 atom stereocenters. The highest BCUT2D eigenvalue weighted by atomic mass is 32.2. The van der Waals surface area contributed by atoms with Crippen molar-refractivity contribution in [3.63, 3.8) is 0 Å². The van der Waals surface area contributed by atoms with E-state index in [-0.39, 0.29) is 17.4 Å². The first-order valence-corrected chi connectivity index (χ1v) is 9.05. The summed E-state index contributed by atoms with van der Waals surface area (Å²) in [6.07, 6.45) is 2.95. The van der Waals surface area contributed by atoms with Gasteiger partial charge in [-0.3, -0.25) is 4.72 Å². The number of rotatable bonds is 6. The molecule has 1 fully saturated rings. The minimum atomic E-state index is -3.51. The average Bonchev–Trinajstić information content (AvgIpc) is 2.46. The Kier molecular flexibility index (Phi) is 5.42. The van der Waals surface area contributed by atoms with Gasteiger partial charge in [-0.1, -0.05) is 6.92 Å². The zero-order chi connectivity index (χ0) is 16.2. The lowest BCUT2D eigenvalue weighted by atomic mass is 10.0. The maximum Gasteiger partial charge on any atom is 0.335 e. The Morgan fingerprint density at radius 3 is 2.77 bits per heavy atom. The van der Waals surface area contributed by atoms with Gasteiger partial charge in [-0.2, -0.15) is 0 Å². The number of nitrogens with one attached hydrogen (secondary N) is 1. The number of carboxylic acids is 1. The number of hydrogen-bond donors (Lipinski definition) is 2. The zero-order valence-corrected chi connectivity index (χ0v) is 13.4. The molecule has 0 bridgehead atoms. The van der Waals surface area contributed by atoms with E-state index in [9.17, 15) is 13.2 Å². The number of benzene rings is 1. The van der Waals surface area contributed by atoms with Crippen LogP contribution in [-0.4, -0.2) is 38.0 Å². The standard InChI is InChI=1S/C15H21NO5S/c1-2-11-9-12(6-7-14(11)15(17)18)16-22(19,20)10-13-5-3-4-8-21-13/h6-7,9,13,16H,2-5,8,10H2,1H3,(H,17,18). The second-order valence-corrected chi connectivity index (χ2v) is 7.17. The second-order valence-electron chi connectivity index (χ2n) is 5.40. The Bertz CT molecular complexity index is 635. The Hall–Kier alpha value is -1.60. The summed E-state index contributed by atoms with van der Waals surface area (Å²) in [6, 6.07) is 4.47. The molecule has 0 aliphatic carbocycles. The molecule has 0 saturated carbocycles. The molecule has 1 aliphatic heterocycles. The summed E-state index contributed by atoms with van der Waals surface area (Å²) < 4.78 is 32.3. The maximum absolute atomic E-state index is 12.2. The van der Waals surface area contributed by atoms with Crippen LogP contribution in [0.25, 0.3) is 0 Å². The minimum Gasteiger partial charge on any atom is -0.478 e. The van der Waals surface area contributed by atoms with E-state index in [1.165, 1.54) is 12.1 Å². The first-order valence-electron chi connectivity index (χ1n) is 7.39. The van der Waals surface area contributed by atoms with Gasteiger partial charge in [-0.15, -0.1) is 0 Å². The van der Waals surface area contributed by atoms with E-state index in [1.54, 1.807) is 6.07 Å². The van der Waals surface area contributed by atoms with Crippen molar-refractivity contribution < 1.29 is 23.1 Å². The molecule has 22 heavy (non-hydrogen) atoms. The molecular formula is C15H21NO5S. The van der Waals surface area contributed by atoms with Crippen molar-refractivity contribution in [2.24, 2.45) is 0 Å². The summed E-state index contributed by atoms with van der Waals surface area (Å²) in [5.41, 5.74) is 1.18. The van der Waals surface area contributed by atoms with E-state index >= 15 is 0 Å². The third-order valence-corrected chi connectivity index (χ3v) is 5.03. The molecule has 122 valence electrons. The molecule has 0 amide bonds. The number of carboxylic acid groups (broad SMARTS) is 1. The molecule has 2 N–H and O–H groups in total. The van der Waals surface area contributed by atoms with Gasteiger partial charge in [0, 0.05) is 12.3 Å². The van der Waals surface area contributed by atoms with Crippen molar-refractivity contribution >= 4 is 21.7 Å². The molecule has 6 nitrogen and oxygen atoms in total. The molecule has 1 saturated heterocycles. The van der Waals surface area contributed by atoms with Gasteiger partial charge in [0.2, 0.25) is 10.0 Å². The van der Waals surface area contributed by atoms with Crippen molar-refractivity contribution in [1.29, 1.82) is 0 Å². The van der Waals surface area contributed by atoms with Crippen molar-refractivity contribution in [1.82, 2.24) is 0 Å². The van der Waals surface area contributed by atoms with Crippen molar-refractivity contribution in [2.75, 3.05) is 17.1 Å². The number of aryl methyl sites for hydroxylation is 1. The lowest BCUT2D eigenvalue weighted by molar-refractivity contribution is 0.0306. The molecule has 1 aliphatic rings. The Morgan fingerprint density at radius 2 is 2.18 bits per heavy atom. The smallest absolute Gasteiger partial charge is 0.335 e. The molecule has 1 heterocycles. The minimum absolute atomic E-state index is 0.0743. The van der Waals surface area contributed by atoms with Crippen molar-refractivity contribution in [3.05, 3.63) is 29.3 Å². The van der Waals surface area contributed by atoms with E-state index in [2.05, 4.69) is 4.72 Å². The van der Waals surface area contributed by atoms with Crippen LogP contribution < -0.4 is 4.72 Å². The molecule has 0 spiro atoms. The summed E-state index contributed by atoms with van der Waals surface area (Å²) in [7, 11) is -3.51. The normalized spacial score (nSPS) is 18.9. The van der Waals surface area contributed by atoms with Crippen LogP contribution in [0.15, 0.2) is 18.2 Å². The number of sulfonamides is 1. The molecular weight excluding hydrogens is 306 g/mol. The van der Waals surface area contributed by atoms with Gasteiger partial charge in [0.15, 0.2) is 0 Å². The molecule has 0 radical (unpaired) electrons. The summed E-state index contributed by atoms with van der Waals surface area (Å²) in [4.78, 5) is 11.1. The van der Waals surface area contributed by atoms with Gasteiger partial charge in [-0.25, -0.2) is 13.2 Å². The Balaban J connectivity index is 2.10. The van der Waals surface area contributed by atoms with Crippen LogP contribution in [0.2, 0.25) is 0 Å². The summed E-state index contributed by atoms with van der Waals surface area (Å²) in [5.74, 6) is -1.09. The van der Waals surface area contributed by atoms with E-state index < -0.39 is 16.0 Å². The van der Waals surface area contributed by atoms with Gasteiger partial charge in [0.25, 0.3) is 0 Å². The second kappa shape index (κ2) is 7.11. The highest BCUT2D eigenvalue weighted by Crippen LogP contribution is 2.20. The van der Waals surface area contributed by atoms with Crippen LogP contribution in [0, 0.1) is 0 Å². The summed E-state index contributed by atoms with van der Waals surface area (Å²) in [6.45, 7) is 2.43. The number of hydrogen-bond acceptors (Lipinski definition) is 4. The number of anilines is 1. The zero-order valence-electron chi connectivity index (χ0n) is 12.5. The number of ether oxygens (including phenoxy) is 1. The highest BCUT2D eigenvalue weighted by molar-refractivity contribution is 7.92. The predicted molar refractivity (Wildman–Crippen MR) is 83.8 cm³/mol. The molecule has 1 aromatic carbocycles. The van der Waals surface area contributed by atoms with Crippen molar-refractivity contribution in [3.8, 4) is 0 Å². The van der Waals surface area contributed by atoms with E-state index in [0.717, 1.165) is 19.3 Å². The van der Waals surface area contributed by atoms with E-state index in [4.69, 9.17) is 9.84 Å². The topological polar surface area (TPSA) is 92.7 Å². The fraction of sp³-hybridized carbons (Fsp3) is 0.533. The van der Waals surface area contributed by atoms with Gasteiger partial charge < -0.3 is 9.84 Å². The molecule has 2 rings (SSSR count). The van der Waals surface area contributed by atoms with Crippen LogP contribution in [-0.2, 0) is 21.2 Å². The summed E-state index contributed by atoms with van der Waals surface area (Å²) in [5, 5.41) is 9.08. The first kappa shape index (κ1) is 16.8. The lowest BCUT2D eigenvalue weighted by Crippen LogP contribution is -2.30. The van der Waals surface area contributed by atoms with E-state index in [0.29, 0.717) is 24.3 Å². The van der Waals surface area contributed by atoms with Crippen molar-refractivity contribution in [2.45, 2.75) is 38.7 Å². The first-order chi connectivity index (χ1) is 10.4. The van der Waals surface area contributed by atoms with Crippen LogP contribution in [0.3, 0.4) is 0 Å². The maximum atomic E-state index is 12.2. The lowest BCUT2D eigenvalue weighted by Gasteiger charge is -2.22. The van der Waals surface area contributed by atoms with Gasteiger partial charge in [0.05, 0.1) is 17.4 Å². The summed E-state index contributed by atoms with van der Waals surface area (Å²) >= 11 is 0. The number of aromatic carboxylic acids is 1. The highest BCUT2D eigenvalue weighted by Gasteiger charge is 2.22. The van der Waals surface area contributed by atoms with E-state index in [1.807, 2.05) is 6.92 Å². The SMILES string of the molecule is CCc1cc(NS(=O)(=O)CC2CCCCO2)ccc1C(=O)O. The van der Waals surface area contributed by atoms with Crippen LogP contribution >= 0.6 is 0 Å². The largest absolute Gasteiger partial charge is 0.478 e. The fourth-order valence-electron chi connectivity index (χ4n) is 2.56. The number of carbonyl (C=O) groups is 1. The van der Waals surface area contributed by atoms with Crippen LogP contribution in [0.4, 0.5) is 5.69 Å². The Morgan fingerprint density at radius 1 is 1.41 bits per heavy atom. The molecule has 0 aromatic heterocycles. The van der Waals surface area contributed by atoms with Crippen LogP contribution in [0.5, 0.6) is 0 Å². The van der Waals surface area contributed by atoms with Gasteiger partial charge in [0.1, 0.15) is 0 Å². The molecule has 7 heteroatoms. The van der Waals surface area contributed by atoms with Crippen LogP contribution in [0.1, 0.15) is 42.1 Å². The molecule has 1 unspecified atom stereocenters. The fourth-order valence-corrected chi connectivity index (χ4v) is 3.88. The van der Waals surface area contributed by atoms with Gasteiger partial charge in [-0.05, 0) is 49.4 Å². The Labute approximate surface area is 130 Å². The third kappa shape index (κ3) is 4.45. The monoisotopic (exact) mass is 327 g/mol. The predicted octanol–water partition coefficient (Wildman–Crippen LogP) is 2.26. The third-order valence-electron chi connectivity index (χ3n) is 3.67. The quantitative estimate of drug-likeness (QED) is 0.836. The van der Waals surface area contributed by atoms with Gasteiger partial charge >= 0.3 is 5.97 Å². The molecule has 1 aromatic rings.